The summed E-state index contributed by atoms with van der Waals surface area (Å²) in [6.45, 7) is 3.53. The lowest BCUT2D eigenvalue weighted by atomic mass is 9.91. The predicted molar refractivity (Wildman–Crippen MR) is 89.8 cm³/mol. The van der Waals surface area contributed by atoms with Crippen LogP contribution in [0.4, 0.5) is 0 Å². The minimum Gasteiger partial charge on any atom is -0.395 e. The Hall–Kier alpha value is -0.860. The summed E-state index contributed by atoms with van der Waals surface area (Å²) in [6, 6.07) is 9.36. The molecule has 0 radical (unpaired) electrons. The molecule has 0 aliphatic carbocycles. The molecule has 0 aromatic heterocycles. The Bertz CT molecular complexity index is 387. The molecular formula is C19H31NO. The molecule has 2 atom stereocenters. The van der Waals surface area contributed by atoms with Gasteiger partial charge in [-0.05, 0) is 36.9 Å². The zero-order valence-electron chi connectivity index (χ0n) is 13.5. The van der Waals surface area contributed by atoms with Crippen LogP contribution >= 0.6 is 0 Å². The minimum absolute atomic E-state index is 0.240. The predicted octanol–water partition coefficient (Wildman–Crippen LogP) is 4.03. The molecule has 1 aliphatic rings. The van der Waals surface area contributed by atoms with E-state index in [0.717, 1.165) is 13.0 Å². The lowest BCUT2D eigenvalue weighted by Crippen LogP contribution is -2.29. The van der Waals surface area contributed by atoms with Crippen molar-refractivity contribution < 1.29 is 5.11 Å². The molecule has 0 saturated carbocycles. The van der Waals surface area contributed by atoms with E-state index in [9.17, 15) is 5.11 Å². The molecule has 2 heteroatoms. The molecule has 1 aliphatic heterocycles. The number of aliphatic hydroxyl groups is 1. The summed E-state index contributed by atoms with van der Waals surface area (Å²) in [6.07, 6.45) is 10.5. The molecule has 118 valence electrons. The van der Waals surface area contributed by atoms with Crippen molar-refractivity contribution in [3.63, 3.8) is 0 Å². The lowest BCUT2D eigenvalue weighted by Gasteiger charge is -2.17. The van der Waals surface area contributed by atoms with Crippen LogP contribution < -0.4 is 5.32 Å². The van der Waals surface area contributed by atoms with E-state index in [2.05, 4.69) is 36.5 Å². The second-order valence-corrected chi connectivity index (χ2v) is 6.40. The van der Waals surface area contributed by atoms with Crippen LogP contribution in [-0.2, 0) is 6.42 Å². The van der Waals surface area contributed by atoms with Crippen LogP contribution in [-0.4, -0.2) is 24.3 Å². The molecule has 1 aromatic rings. The van der Waals surface area contributed by atoms with E-state index in [0.29, 0.717) is 5.92 Å². The number of unbranched alkanes of at least 4 members (excludes halogenated alkanes) is 5. The van der Waals surface area contributed by atoms with Crippen molar-refractivity contribution in [1.29, 1.82) is 0 Å². The molecule has 2 rings (SSSR count). The fourth-order valence-corrected chi connectivity index (χ4v) is 3.40. The first-order valence-corrected chi connectivity index (χ1v) is 8.78. The smallest absolute Gasteiger partial charge is 0.0590 e. The molecule has 2 nitrogen and oxygen atoms in total. The van der Waals surface area contributed by atoms with Crippen LogP contribution in [0, 0.1) is 0 Å². The Kier molecular flexibility index (Phi) is 7.25. The van der Waals surface area contributed by atoms with Gasteiger partial charge in [0.25, 0.3) is 0 Å². The summed E-state index contributed by atoms with van der Waals surface area (Å²) in [7, 11) is 0. The average molecular weight is 289 g/mol. The maximum Gasteiger partial charge on any atom is 0.0590 e. The van der Waals surface area contributed by atoms with Gasteiger partial charge in [0.05, 0.1) is 6.61 Å². The fraction of sp³-hybridized carbons (Fsp3) is 0.684. The van der Waals surface area contributed by atoms with Gasteiger partial charge in [0.2, 0.25) is 0 Å². The molecule has 21 heavy (non-hydrogen) atoms. The van der Waals surface area contributed by atoms with Crippen molar-refractivity contribution in [2.24, 2.45) is 0 Å². The lowest BCUT2D eigenvalue weighted by molar-refractivity contribution is 0.245. The Labute approximate surface area is 130 Å². The van der Waals surface area contributed by atoms with Gasteiger partial charge in [0.15, 0.2) is 0 Å². The number of hydrogen-bond acceptors (Lipinski definition) is 2. The van der Waals surface area contributed by atoms with Crippen molar-refractivity contribution in [2.75, 3.05) is 13.2 Å². The third kappa shape index (κ3) is 5.12. The second-order valence-electron chi connectivity index (χ2n) is 6.40. The molecule has 1 heterocycles. The van der Waals surface area contributed by atoms with Crippen LogP contribution in [0.3, 0.4) is 0 Å². The van der Waals surface area contributed by atoms with Gasteiger partial charge in [0.1, 0.15) is 0 Å². The number of benzene rings is 1. The van der Waals surface area contributed by atoms with Gasteiger partial charge >= 0.3 is 0 Å². The van der Waals surface area contributed by atoms with Gasteiger partial charge in [-0.1, -0.05) is 63.3 Å². The van der Waals surface area contributed by atoms with Crippen LogP contribution in [0.15, 0.2) is 24.3 Å². The summed E-state index contributed by atoms with van der Waals surface area (Å²) in [5.74, 6) is 0.484. The number of aliphatic hydroxyl groups excluding tert-OH is 1. The van der Waals surface area contributed by atoms with Crippen LogP contribution in [0.1, 0.15) is 68.9 Å². The zero-order valence-corrected chi connectivity index (χ0v) is 13.5. The SMILES string of the molecule is CCCCCCCCc1ccc(C2CCNC2CO)cc1. The van der Waals surface area contributed by atoms with Crippen molar-refractivity contribution in [3.8, 4) is 0 Å². The maximum atomic E-state index is 9.39. The Morgan fingerprint density at radius 1 is 1.05 bits per heavy atom. The summed E-state index contributed by atoms with van der Waals surface area (Å²) >= 11 is 0. The van der Waals surface area contributed by atoms with E-state index >= 15 is 0 Å². The maximum absolute atomic E-state index is 9.39. The highest BCUT2D eigenvalue weighted by atomic mass is 16.3. The highest BCUT2D eigenvalue weighted by Gasteiger charge is 2.27. The Morgan fingerprint density at radius 3 is 2.48 bits per heavy atom. The topological polar surface area (TPSA) is 32.3 Å². The van der Waals surface area contributed by atoms with E-state index in [-0.39, 0.29) is 12.6 Å². The first-order chi connectivity index (χ1) is 10.3. The molecule has 1 saturated heterocycles. The number of hydrogen-bond donors (Lipinski definition) is 2. The first kappa shape index (κ1) is 16.5. The van der Waals surface area contributed by atoms with Crippen LogP contribution in [0.25, 0.3) is 0 Å². The standard InChI is InChI=1S/C19H31NO/c1-2-3-4-5-6-7-8-16-9-11-17(12-10-16)18-13-14-20-19(18)15-21/h9-12,18-21H,2-8,13-15H2,1H3. The normalized spacial score (nSPS) is 21.8. The van der Waals surface area contributed by atoms with Gasteiger partial charge < -0.3 is 10.4 Å². The Morgan fingerprint density at radius 2 is 1.76 bits per heavy atom. The zero-order chi connectivity index (χ0) is 14.9. The molecule has 1 aromatic carbocycles. The molecule has 2 N–H and O–H groups in total. The second kappa shape index (κ2) is 9.22. The van der Waals surface area contributed by atoms with Crippen molar-refractivity contribution in [2.45, 2.75) is 70.3 Å². The van der Waals surface area contributed by atoms with Gasteiger partial charge in [-0.3, -0.25) is 0 Å². The van der Waals surface area contributed by atoms with E-state index < -0.39 is 0 Å². The molecule has 2 unspecified atom stereocenters. The molecule has 0 bridgehead atoms. The van der Waals surface area contributed by atoms with E-state index in [4.69, 9.17) is 0 Å². The van der Waals surface area contributed by atoms with E-state index in [1.54, 1.807) is 0 Å². The summed E-state index contributed by atoms with van der Waals surface area (Å²) in [5.41, 5.74) is 2.84. The van der Waals surface area contributed by atoms with Crippen LogP contribution in [0.2, 0.25) is 0 Å². The monoisotopic (exact) mass is 289 g/mol. The largest absolute Gasteiger partial charge is 0.395 e. The quantitative estimate of drug-likeness (QED) is 0.673. The molecule has 0 amide bonds. The van der Waals surface area contributed by atoms with E-state index in [1.807, 2.05) is 0 Å². The highest BCUT2D eigenvalue weighted by molar-refractivity contribution is 5.27. The highest BCUT2D eigenvalue weighted by Crippen LogP contribution is 2.27. The van der Waals surface area contributed by atoms with Gasteiger partial charge in [-0.15, -0.1) is 0 Å². The number of aryl methyl sites for hydroxylation is 1. The van der Waals surface area contributed by atoms with Crippen molar-refractivity contribution in [1.82, 2.24) is 5.32 Å². The summed E-state index contributed by atoms with van der Waals surface area (Å²) in [4.78, 5) is 0. The number of rotatable bonds is 9. The number of nitrogens with one attached hydrogen (secondary N) is 1. The Balaban J connectivity index is 1.74. The van der Waals surface area contributed by atoms with E-state index in [1.165, 1.54) is 56.1 Å². The summed E-state index contributed by atoms with van der Waals surface area (Å²) in [5, 5.41) is 12.8. The molecule has 0 spiro atoms. The van der Waals surface area contributed by atoms with Gasteiger partial charge in [-0.2, -0.15) is 0 Å². The summed E-state index contributed by atoms with van der Waals surface area (Å²) < 4.78 is 0. The fourth-order valence-electron chi connectivity index (χ4n) is 3.40. The molecule has 1 fully saturated rings. The molecular weight excluding hydrogens is 258 g/mol. The third-order valence-corrected chi connectivity index (χ3v) is 4.77. The first-order valence-electron chi connectivity index (χ1n) is 8.78. The van der Waals surface area contributed by atoms with Crippen molar-refractivity contribution >= 4 is 0 Å². The van der Waals surface area contributed by atoms with Crippen LogP contribution in [0.5, 0.6) is 0 Å². The third-order valence-electron chi connectivity index (χ3n) is 4.77. The van der Waals surface area contributed by atoms with Gasteiger partial charge in [0, 0.05) is 12.0 Å². The van der Waals surface area contributed by atoms with Gasteiger partial charge in [-0.25, -0.2) is 0 Å². The minimum atomic E-state index is 0.240. The van der Waals surface area contributed by atoms with Crippen molar-refractivity contribution in [3.05, 3.63) is 35.4 Å². The average Bonchev–Trinajstić information content (AvgIpc) is 3.00.